The highest BCUT2D eigenvalue weighted by molar-refractivity contribution is 5.89. The Hall–Kier alpha value is -2.22. The second-order valence-electron chi connectivity index (χ2n) is 5.34. The molecule has 1 heterocycles. The molecule has 0 amide bonds. The van der Waals surface area contributed by atoms with E-state index in [0.29, 0.717) is 12.2 Å². The van der Waals surface area contributed by atoms with Crippen molar-refractivity contribution in [1.29, 1.82) is 0 Å². The van der Waals surface area contributed by atoms with Crippen molar-refractivity contribution in [3.8, 4) is 0 Å². The molecule has 138 valence electrons. The van der Waals surface area contributed by atoms with E-state index in [1.54, 1.807) is 0 Å². The Bertz CT molecular complexity index is 510. The maximum Gasteiger partial charge on any atom is 0.328 e. The van der Waals surface area contributed by atoms with Crippen LogP contribution in [-0.4, -0.2) is 48.2 Å². The lowest BCUT2D eigenvalue weighted by molar-refractivity contribution is -0.161. The number of hydrogen-bond donors (Lipinski definition) is 3. The van der Waals surface area contributed by atoms with Crippen LogP contribution in [0.15, 0.2) is 42.5 Å². The van der Waals surface area contributed by atoms with Crippen molar-refractivity contribution < 1.29 is 29.3 Å². The molecule has 0 bridgehead atoms. The van der Waals surface area contributed by atoms with E-state index in [-0.39, 0.29) is 6.29 Å². The fourth-order valence-electron chi connectivity index (χ4n) is 2.08. The van der Waals surface area contributed by atoms with Crippen LogP contribution in [0.1, 0.15) is 24.8 Å². The maximum atomic E-state index is 9.55. The van der Waals surface area contributed by atoms with Crippen molar-refractivity contribution in [2.45, 2.75) is 32.1 Å². The van der Waals surface area contributed by atoms with E-state index in [1.165, 1.54) is 18.4 Å². The summed E-state index contributed by atoms with van der Waals surface area (Å²) in [6, 6.07) is 10.4. The lowest BCUT2D eigenvalue weighted by Gasteiger charge is -2.22. The molecule has 1 atom stereocenters. The van der Waals surface area contributed by atoms with Crippen LogP contribution in [0.2, 0.25) is 0 Å². The van der Waals surface area contributed by atoms with E-state index in [4.69, 9.17) is 19.7 Å². The van der Waals surface area contributed by atoms with Gasteiger partial charge in [-0.1, -0.05) is 30.3 Å². The van der Waals surface area contributed by atoms with Crippen molar-refractivity contribution in [2.24, 2.45) is 0 Å². The lowest BCUT2D eigenvalue weighted by Crippen LogP contribution is -2.27. The molecule has 1 aromatic carbocycles. The molecule has 1 aliphatic heterocycles. The summed E-state index contributed by atoms with van der Waals surface area (Å²) in [6.07, 6.45) is 4.58. The highest BCUT2D eigenvalue weighted by atomic mass is 16.7. The predicted octanol–water partition coefficient (Wildman–Crippen LogP) is 2.03. The van der Waals surface area contributed by atoms with Gasteiger partial charge < -0.3 is 25.0 Å². The minimum atomic E-state index is -1.26. The number of benzene rings is 1. The highest BCUT2D eigenvalue weighted by Crippen LogP contribution is 2.13. The predicted molar refractivity (Wildman–Crippen MR) is 92.1 cm³/mol. The number of hydrogen-bond acceptors (Lipinski definition) is 5. The van der Waals surface area contributed by atoms with E-state index < -0.39 is 11.9 Å². The quantitative estimate of drug-likeness (QED) is 0.486. The molecule has 2 rings (SSSR count). The van der Waals surface area contributed by atoms with Crippen molar-refractivity contribution in [3.63, 3.8) is 0 Å². The minimum Gasteiger partial charge on any atom is -0.478 e. The van der Waals surface area contributed by atoms with Crippen LogP contribution in [0.4, 0.5) is 0 Å². The van der Waals surface area contributed by atoms with Gasteiger partial charge in [-0.15, -0.1) is 0 Å². The first-order chi connectivity index (χ1) is 12.1. The summed E-state index contributed by atoms with van der Waals surface area (Å²) in [7, 11) is 0. The van der Waals surface area contributed by atoms with Gasteiger partial charge in [-0.2, -0.15) is 0 Å². The monoisotopic (exact) mass is 351 g/mol. The molecular formula is C18H25NO6. The molecule has 0 spiro atoms. The normalized spacial score (nSPS) is 16.9. The Kier molecular flexibility index (Phi) is 10.9. The molecule has 1 fully saturated rings. The molecule has 7 heteroatoms. The van der Waals surface area contributed by atoms with Crippen molar-refractivity contribution in [2.75, 3.05) is 19.8 Å². The molecule has 1 unspecified atom stereocenters. The third-order valence-electron chi connectivity index (χ3n) is 3.26. The average molecular weight is 351 g/mol. The van der Waals surface area contributed by atoms with Crippen molar-refractivity contribution in [1.82, 2.24) is 5.32 Å². The molecule has 1 aromatic rings. The van der Waals surface area contributed by atoms with Gasteiger partial charge in [-0.25, -0.2) is 9.59 Å². The Morgan fingerprint density at radius 2 is 1.84 bits per heavy atom. The second-order valence-corrected chi connectivity index (χ2v) is 5.34. The molecule has 0 radical (unpaired) electrons. The van der Waals surface area contributed by atoms with E-state index in [0.717, 1.165) is 32.7 Å². The number of ether oxygens (including phenoxy) is 2. The Morgan fingerprint density at radius 1 is 1.16 bits per heavy atom. The van der Waals surface area contributed by atoms with Crippen LogP contribution in [0.25, 0.3) is 0 Å². The Balaban J connectivity index is 0.000000333. The molecule has 1 aliphatic rings. The SMILES string of the molecule is O=C(O)C=CC(=O)O.c1ccc(CNCCOC2CCCCO2)cc1. The number of rotatable bonds is 8. The van der Waals surface area contributed by atoms with Gasteiger partial charge in [-0.3, -0.25) is 0 Å². The van der Waals surface area contributed by atoms with E-state index >= 15 is 0 Å². The minimum absolute atomic E-state index is 0.0299. The number of aliphatic carboxylic acids is 2. The summed E-state index contributed by atoms with van der Waals surface area (Å²) >= 11 is 0. The maximum absolute atomic E-state index is 9.55. The molecule has 0 saturated carbocycles. The molecule has 0 aliphatic carbocycles. The molecular weight excluding hydrogens is 326 g/mol. The van der Waals surface area contributed by atoms with Gasteiger partial charge in [0.1, 0.15) is 0 Å². The van der Waals surface area contributed by atoms with Crippen molar-refractivity contribution >= 4 is 11.9 Å². The largest absolute Gasteiger partial charge is 0.478 e. The summed E-state index contributed by atoms with van der Waals surface area (Å²) in [5.74, 6) is -2.51. The van der Waals surface area contributed by atoms with Crippen LogP contribution in [-0.2, 0) is 25.6 Å². The lowest BCUT2D eigenvalue weighted by atomic mass is 10.2. The average Bonchev–Trinajstić information content (AvgIpc) is 2.62. The Morgan fingerprint density at radius 3 is 2.40 bits per heavy atom. The second kappa shape index (κ2) is 13.1. The third-order valence-corrected chi connectivity index (χ3v) is 3.26. The zero-order chi connectivity index (χ0) is 18.3. The standard InChI is InChI=1S/C14H21NO2.C4H4O4/c1-2-6-13(7-3-1)12-15-9-11-17-14-8-4-5-10-16-14;5-3(6)1-2-4(7)8/h1-3,6-7,14-15H,4-5,8-12H2;1-2H,(H,5,6)(H,7,8). The van der Waals surface area contributed by atoms with E-state index in [1.807, 2.05) is 6.07 Å². The highest BCUT2D eigenvalue weighted by Gasteiger charge is 2.13. The van der Waals surface area contributed by atoms with Gasteiger partial charge in [0.05, 0.1) is 6.61 Å². The molecule has 7 nitrogen and oxygen atoms in total. The zero-order valence-electron chi connectivity index (χ0n) is 14.1. The van der Waals surface area contributed by atoms with Crippen LogP contribution >= 0.6 is 0 Å². The first kappa shape index (κ1) is 20.8. The fraction of sp³-hybridized carbons (Fsp3) is 0.444. The van der Waals surface area contributed by atoms with Gasteiger partial charge in [-0.05, 0) is 24.8 Å². The van der Waals surface area contributed by atoms with Crippen LogP contribution in [0, 0.1) is 0 Å². The van der Waals surface area contributed by atoms with Gasteiger partial charge in [0.2, 0.25) is 0 Å². The number of nitrogens with one attached hydrogen (secondary N) is 1. The van der Waals surface area contributed by atoms with Crippen LogP contribution in [0.5, 0.6) is 0 Å². The van der Waals surface area contributed by atoms with Gasteiger partial charge in [0, 0.05) is 31.8 Å². The number of carbonyl (C=O) groups is 2. The summed E-state index contributed by atoms with van der Waals surface area (Å²) in [4.78, 5) is 19.1. The fourth-order valence-corrected chi connectivity index (χ4v) is 2.08. The number of carboxylic acid groups (broad SMARTS) is 2. The summed E-state index contributed by atoms with van der Waals surface area (Å²) in [5, 5.41) is 19.0. The van der Waals surface area contributed by atoms with Crippen LogP contribution in [0.3, 0.4) is 0 Å². The smallest absolute Gasteiger partial charge is 0.328 e. The third kappa shape index (κ3) is 11.9. The van der Waals surface area contributed by atoms with Crippen molar-refractivity contribution in [3.05, 3.63) is 48.0 Å². The first-order valence-corrected chi connectivity index (χ1v) is 8.19. The topological polar surface area (TPSA) is 105 Å². The zero-order valence-corrected chi connectivity index (χ0v) is 14.1. The van der Waals surface area contributed by atoms with E-state index in [9.17, 15) is 9.59 Å². The molecule has 0 aromatic heterocycles. The first-order valence-electron chi connectivity index (χ1n) is 8.19. The Labute approximate surface area is 147 Å². The van der Waals surface area contributed by atoms with Gasteiger partial charge in [0.15, 0.2) is 6.29 Å². The molecule has 25 heavy (non-hydrogen) atoms. The van der Waals surface area contributed by atoms with Gasteiger partial charge >= 0.3 is 11.9 Å². The van der Waals surface area contributed by atoms with Gasteiger partial charge in [0.25, 0.3) is 0 Å². The number of carboxylic acids is 2. The summed E-state index contributed by atoms with van der Waals surface area (Å²) in [5.41, 5.74) is 1.31. The summed E-state index contributed by atoms with van der Waals surface area (Å²) < 4.78 is 11.1. The van der Waals surface area contributed by atoms with E-state index in [2.05, 4.69) is 29.6 Å². The van der Waals surface area contributed by atoms with Crippen LogP contribution < -0.4 is 5.32 Å². The molecule has 1 saturated heterocycles. The molecule has 3 N–H and O–H groups in total. The summed E-state index contributed by atoms with van der Waals surface area (Å²) in [6.45, 7) is 3.34.